The van der Waals surface area contributed by atoms with Gasteiger partial charge in [0.2, 0.25) is 0 Å². The fourth-order valence-electron chi connectivity index (χ4n) is 1.93. The first-order valence-electron chi connectivity index (χ1n) is 6.58. The first-order valence-corrected chi connectivity index (χ1v) is 6.58. The lowest BCUT2D eigenvalue weighted by Crippen LogP contribution is -2.34. The van der Waals surface area contributed by atoms with E-state index in [0.717, 1.165) is 0 Å². The molecule has 1 aromatic carbocycles. The summed E-state index contributed by atoms with van der Waals surface area (Å²) in [6.45, 7) is 5.66. The second-order valence-electron chi connectivity index (χ2n) is 5.60. The zero-order valence-corrected chi connectivity index (χ0v) is 12.3. The van der Waals surface area contributed by atoms with Gasteiger partial charge < -0.3 is 15.0 Å². The summed E-state index contributed by atoms with van der Waals surface area (Å²) >= 11 is 0. The first-order chi connectivity index (χ1) is 9.84. The van der Waals surface area contributed by atoms with E-state index in [4.69, 9.17) is 10.5 Å². The van der Waals surface area contributed by atoms with Crippen molar-refractivity contribution in [3.8, 4) is 11.6 Å². The molecule has 0 unspecified atom stereocenters. The lowest BCUT2D eigenvalue weighted by atomic mass is 10.1. The fourth-order valence-corrected chi connectivity index (χ4v) is 1.93. The summed E-state index contributed by atoms with van der Waals surface area (Å²) in [5, 5.41) is 0. The highest BCUT2D eigenvalue weighted by atomic mass is 19.1. The van der Waals surface area contributed by atoms with Crippen LogP contribution in [0.15, 0.2) is 35.4 Å². The zero-order chi connectivity index (χ0) is 15.6. The van der Waals surface area contributed by atoms with E-state index >= 15 is 0 Å². The van der Waals surface area contributed by atoms with Crippen molar-refractivity contribution in [3.05, 3.63) is 52.3 Å². The Morgan fingerprint density at radius 2 is 2.10 bits per heavy atom. The van der Waals surface area contributed by atoms with Gasteiger partial charge in [-0.15, -0.1) is 0 Å². The average molecular weight is 291 g/mol. The summed E-state index contributed by atoms with van der Waals surface area (Å²) in [5.41, 5.74) is 4.95. The third kappa shape index (κ3) is 3.11. The molecule has 2 rings (SSSR count). The van der Waals surface area contributed by atoms with Crippen molar-refractivity contribution in [1.29, 1.82) is 0 Å². The lowest BCUT2D eigenvalue weighted by Gasteiger charge is -2.22. The largest absolute Gasteiger partial charge is 0.434 e. The smallest absolute Gasteiger partial charge is 0.314 e. The van der Waals surface area contributed by atoms with Gasteiger partial charge in [-0.25, -0.2) is 9.37 Å². The highest BCUT2D eigenvalue weighted by Crippen LogP contribution is 2.24. The van der Waals surface area contributed by atoms with Gasteiger partial charge in [0.25, 0.3) is 5.88 Å². The van der Waals surface area contributed by atoms with Crippen LogP contribution in [-0.2, 0) is 12.1 Å². The van der Waals surface area contributed by atoms with Crippen LogP contribution in [0.2, 0.25) is 0 Å². The number of ether oxygens (including phenoxy) is 1. The Morgan fingerprint density at radius 1 is 1.38 bits per heavy atom. The van der Waals surface area contributed by atoms with Gasteiger partial charge in [-0.1, -0.05) is 6.07 Å². The van der Waals surface area contributed by atoms with Gasteiger partial charge >= 0.3 is 5.56 Å². The topological polar surface area (TPSA) is 70.1 Å². The van der Waals surface area contributed by atoms with Crippen LogP contribution >= 0.6 is 0 Å². The van der Waals surface area contributed by atoms with E-state index < -0.39 is 11.4 Å². The van der Waals surface area contributed by atoms with Gasteiger partial charge in [-0.2, -0.15) is 0 Å². The molecule has 21 heavy (non-hydrogen) atoms. The van der Waals surface area contributed by atoms with Crippen LogP contribution in [0.5, 0.6) is 11.6 Å². The predicted molar refractivity (Wildman–Crippen MR) is 77.9 cm³/mol. The molecular formula is C15H18FN3O2. The average Bonchev–Trinajstić information content (AvgIpc) is 2.40. The molecule has 112 valence electrons. The molecule has 1 heterocycles. The van der Waals surface area contributed by atoms with Gasteiger partial charge in [0.15, 0.2) is 0 Å². The van der Waals surface area contributed by atoms with Crippen LogP contribution in [0, 0.1) is 5.82 Å². The minimum atomic E-state index is -0.470. The number of benzene rings is 1. The molecule has 0 radical (unpaired) electrons. The maximum atomic E-state index is 13.7. The Balaban J connectivity index is 2.47. The van der Waals surface area contributed by atoms with Gasteiger partial charge in [0.1, 0.15) is 11.6 Å². The molecule has 0 aliphatic carbocycles. The van der Waals surface area contributed by atoms with E-state index in [0.29, 0.717) is 0 Å². The van der Waals surface area contributed by atoms with Gasteiger partial charge in [0, 0.05) is 30.0 Å². The molecule has 0 fully saturated rings. The maximum Gasteiger partial charge on any atom is 0.314 e. The van der Waals surface area contributed by atoms with Gasteiger partial charge in [-0.3, -0.25) is 4.79 Å². The predicted octanol–water partition coefficient (Wildman–Crippen LogP) is 2.39. The molecule has 6 heteroatoms. The van der Waals surface area contributed by atoms with E-state index in [1.807, 2.05) is 20.8 Å². The van der Waals surface area contributed by atoms with E-state index in [-0.39, 0.29) is 29.3 Å². The third-order valence-corrected chi connectivity index (χ3v) is 3.02. The van der Waals surface area contributed by atoms with Crippen molar-refractivity contribution in [2.75, 3.05) is 0 Å². The SMILES string of the molecule is CC(C)(C)n1ccnc(Oc2cccc(F)c2CN)c1=O. The quantitative estimate of drug-likeness (QED) is 0.942. The number of halogens is 1. The molecule has 0 saturated heterocycles. The third-order valence-electron chi connectivity index (χ3n) is 3.02. The number of aromatic nitrogens is 2. The summed E-state index contributed by atoms with van der Waals surface area (Å²) in [6.07, 6.45) is 3.06. The van der Waals surface area contributed by atoms with E-state index in [1.165, 1.54) is 22.9 Å². The Labute approximate surface area is 122 Å². The second-order valence-corrected chi connectivity index (χ2v) is 5.60. The number of hydrogen-bond donors (Lipinski definition) is 1. The normalized spacial score (nSPS) is 11.5. The number of rotatable bonds is 3. The minimum Gasteiger partial charge on any atom is -0.434 e. The van der Waals surface area contributed by atoms with Crippen molar-refractivity contribution >= 4 is 0 Å². The lowest BCUT2D eigenvalue weighted by molar-refractivity contribution is 0.361. The molecule has 0 saturated carbocycles. The first kappa shape index (κ1) is 15.2. The second kappa shape index (κ2) is 5.65. The minimum absolute atomic E-state index is 0.0255. The highest BCUT2D eigenvalue weighted by molar-refractivity contribution is 5.36. The molecule has 5 nitrogen and oxygen atoms in total. The molecular weight excluding hydrogens is 273 g/mol. The van der Waals surface area contributed by atoms with Crippen LogP contribution in [0.4, 0.5) is 4.39 Å². The standard InChI is InChI=1S/C15H18FN3O2/c1-15(2,3)19-8-7-18-13(14(19)20)21-12-6-4-5-11(16)10(12)9-17/h4-8H,9,17H2,1-3H3. The number of nitrogens with zero attached hydrogens (tertiary/aromatic N) is 2. The van der Waals surface area contributed by atoms with Crippen LogP contribution < -0.4 is 16.0 Å². The zero-order valence-electron chi connectivity index (χ0n) is 12.3. The van der Waals surface area contributed by atoms with Crippen LogP contribution in [-0.4, -0.2) is 9.55 Å². The van der Waals surface area contributed by atoms with E-state index in [9.17, 15) is 9.18 Å². The fraction of sp³-hybridized carbons (Fsp3) is 0.333. The molecule has 0 aliphatic rings. The van der Waals surface area contributed by atoms with Gasteiger partial charge in [-0.05, 0) is 32.9 Å². The van der Waals surface area contributed by atoms with E-state index in [2.05, 4.69) is 4.98 Å². The molecule has 1 aromatic heterocycles. The Hall–Kier alpha value is -2.21. The van der Waals surface area contributed by atoms with Crippen molar-refractivity contribution in [2.24, 2.45) is 5.73 Å². The molecule has 2 aromatic rings. The Bertz CT molecular complexity index is 705. The van der Waals surface area contributed by atoms with Crippen LogP contribution in [0.1, 0.15) is 26.3 Å². The summed E-state index contributed by atoms with van der Waals surface area (Å²) in [6, 6.07) is 4.34. The number of nitrogens with two attached hydrogens (primary N) is 1. The molecule has 0 amide bonds. The maximum absolute atomic E-state index is 13.7. The summed E-state index contributed by atoms with van der Waals surface area (Å²) in [7, 11) is 0. The Kier molecular flexibility index (Phi) is 4.09. The van der Waals surface area contributed by atoms with Crippen molar-refractivity contribution < 1.29 is 9.13 Å². The summed E-state index contributed by atoms with van der Waals surface area (Å²) in [5.74, 6) is -0.372. The van der Waals surface area contributed by atoms with Crippen molar-refractivity contribution in [2.45, 2.75) is 32.9 Å². The van der Waals surface area contributed by atoms with Crippen LogP contribution in [0.3, 0.4) is 0 Å². The van der Waals surface area contributed by atoms with E-state index in [1.54, 1.807) is 12.3 Å². The summed E-state index contributed by atoms with van der Waals surface area (Å²) in [4.78, 5) is 16.3. The summed E-state index contributed by atoms with van der Waals surface area (Å²) < 4.78 is 20.7. The van der Waals surface area contributed by atoms with Gasteiger partial charge in [0.05, 0.1) is 0 Å². The molecule has 2 N–H and O–H groups in total. The molecule has 0 aliphatic heterocycles. The molecule has 0 atom stereocenters. The number of hydrogen-bond acceptors (Lipinski definition) is 4. The molecule has 0 bridgehead atoms. The van der Waals surface area contributed by atoms with Crippen molar-refractivity contribution in [3.63, 3.8) is 0 Å². The Morgan fingerprint density at radius 3 is 2.71 bits per heavy atom. The molecule has 0 spiro atoms. The monoisotopic (exact) mass is 291 g/mol. The van der Waals surface area contributed by atoms with Crippen LogP contribution in [0.25, 0.3) is 0 Å². The highest BCUT2D eigenvalue weighted by Gasteiger charge is 2.18. The van der Waals surface area contributed by atoms with Crippen molar-refractivity contribution in [1.82, 2.24) is 9.55 Å².